The van der Waals surface area contributed by atoms with Gasteiger partial charge in [-0.05, 0) is 12.1 Å². The summed E-state index contributed by atoms with van der Waals surface area (Å²) in [5.74, 6) is -0.630. The average Bonchev–Trinajstić information content (AvgIpc) is 2.60. The number of rotatable bonds is 1. The van der Waals surface area contributed by atoms with Crippen LogP contribution in [0.2, 0.25) is 0 Å². The smallest absolute Gasteiger partial charge is 0.247 e. The fourth-order valence-electron chi connectivity index (χ4n) is 1.12. The SMILES string of the molecule is NC(=Nc1nc2c(F)cccc2s1)C(Cl)(Cl)Cl. The molecular formula is C9H5Cl3FN3S. The molecule has 0 aliphatic carbocycles. The molecule has 0 amide bonds. The number of aromatic nitrogens is 1. The second-order valence-corrected chi connectivity index (χ2v) is 6.37. The molecule has 0 spiro atoms. The molecule has 0 bridgehead atoms. The first kappa shape index (κ1) is 12.8. The Balaban J connectivity index is 2.48. The number of halogens is 4. The Bertz CT molecular complexity index is 591. The topological polar surface area (TPSA) is 51.3 Å². The van der Waals surface area contributed by atoms with Crippen LogP contribution in [0.4, 0.5) is 9.52 Å². The van der Waals surface area contributed by atoms with Gasteiger partial charge in [-0.2, -0.15) is 0 Å². The first-order valence-corrected chi connectivity index (χ1v) is 6.29. The predicted molar refractivity (Wildman–Crippen MR) is 71.2 cm³/mol. The van der Waals surface area contributed by atoms with Crippen molar-refractivity contribution in [1.82, 2.24) is 4.98 Å². The second kappa shape index (κ2) is 4.57. The Kier molecular flexibility index (Phi) is 3.45. The minimum Gasteiger partial charge on any atom is -0.383 e. The third-order valence-electron chi connectivity index (χ3n) is 1.86. The lowest BCUT2D eigenvalue weighted by Crippen LogP contribution is -2.27. The van der Waals surface area contributed by atoms with Gasteiger partial charge < -0.3 is 5.73 Å². The van der Waals surface area contributed by atoms with E-state index in [2.05, 4.69) is 9.98 Å². The first-order chi connectivity index (χ1) is 7.88. The minimum atomic E-state index is -1.80. The van der Waals surface area contributed by atoms with Crippen LogP contribution < -0.4 is 5.73 Å². The van der Waals surface area contributed by atoms with Gasteiger partial charge in [0.15, 0.2) is 5.84 Å². The number of nitrogens with two attached hydrogens (primary N) is 1. The second-order valence-electron chi connectivity index (χ2n) is 3.08. The maximum Gasteiger partial charge on any atom is 0.247 e. The number of hydrogen-bond acceptors (Lipinski definition) is 3. The van der Waals surface area contributed by atoms with Crippen molar-refractivity contribution >= 4 is 67.3 Å². The molecule has 1 aromatic carbocycles. The van der Waals surface area contributed by atoms with Crippen molar-refractivity contribution in [3.63, 3.8) is 0 Å². The van der Waals surface area contributed by atoms with E-state index in [0.717, 1.165) is 11.3 Å². The van der Waals surface area contributed by atoms with E-state index in [1.54, 1.807) is 12.1 Å². The summed E-state index contributed by atoms with van der Waals surface area (Å²) in [4.78, 5) is 7.81. The fourth-order valence-corrected chi connectivity index (χ4v) is 2.11. The molecule has 2 aromatic rings. The van der Waals surface area contributed by atoms with Gasteiger partial charge in [0.25, 0.3) is 0 Å². The van der Waals surface area contributed by atoms with Crippen LogP contribution in [0.25, 0.3) is 10.2 Å². The van der Waals surface area contributed by atoms with Crippen LogP contribution in [-0.4, -0.2) is 14.6 Å². The van der Waals surface area contributed by atoms with Crippen LogP contribution in [0.3, 0.4) is 0 Å². The molecule has 3 nitrogen and oxygen atoms in total. The Morgan fingerprint density at radius 1 is 1.41 bits per heavy atom. The highest BCUT2D eigenvalue weighted by Gasteiger charge is 2.25. The highest BCUT2D eigenvalue weighted by Crippen LogP contribution is 2.32. The van der Waals surface area contributed by atoms with E-state index in [9.17, 15) is 4.39 Å². The molecule has 8 heteroatoms. The Morgan fingerprint density at radius 2 is 2.12 bits per heavy atom. The zero-order valence-corrected chi connectivity index (χ0v) is 11.2. The molecule has 90 valence electrons. The summed E-state index contributed by atoms with van der Waals surface area (Å²) in [5, 5.41) is 0.244. The molecule has 0 unspecified atom stereocenters. The zero-order chi connectivity index (χ0) is 12.6. The summed E-state index contributed by atoms with van der Waals surface area (Å²) in [7, 11) is 0. The highest BCUT2D eigenvalue weighted by molar-refractivity contribution is 7.22. The van der Waals surface area contributed by atoms with Gasteiger partial charge in [-0.25, -0.2) is 14.4 Å². The number of alkyl halides is 3. The molecule has 1 aromatic heterocycles. The number of aliphatic imine (C=N–C) groups is 1. The normalized spacial score (nSPS) is 13.3. The molecule has 2 rings (SSSR count). The van der Waals surface area contributed by atoms with Gasteiger partial charge in [0, 0.05) is 0 Å². The van der Waals surface area contributed by atoms with Crippen LogP contribution in [-0.2, 0) is 0 Å². The van der Waals surface area contributed by atoms with E-state index < -0.39 is 9.61 Å². The number of thiazole rings is 1. The monoisotopic (exact) mass is 311 g/mol. The van der Waals surface area contributed by atoms with Crippen molar-refractivity contribution in [2.45, 2.75) is 3.79 Å². The largest absolute Gasteiger partial charge is 0.383 e. The molecule has 2 N–H and O–H groups in total. The summed E-state index contributed by atoms with van der Waals surface area (Å²) < 4.78 is 12.2. The van der Waals surface area contributed by atoms with Crippen molar-refractivity contribution in [3.05, 3.63) is 24.0 Å². The molecule has 17 heavy (non-hydrogen) atoms. The van der Waals surface area contributed by atoms with E-state index in [1.807, 2.05) is 0 Å². The third-order valence-corrected chi connectivity index (χ3v) is 3.36. The molecule has 0 aliphatic heterocycles. The van der Waals surface area contributed by atoms with Crippen LogP contribution in [0.15, 0.2) is 23.2 Å². The van der Waals surface area contributed by atoms with Crippen LogP contribution in [0, 0.1) is 5.82 Å². The minimum absolute atomic E-state index is 0.207. The van der Waals surface area contributed by atoms with Crippen molar-refractivity contribution in [3.8, 4) is 0 Å². The van der Waals surface area contributed by atoms with Crippen molar-refractivity contribution in [1.29, 1.82) is 0 Å². The maximum absolute atomic E-state index is 13.4. The van der Waals surface area contributed by atoms with E-state index in [-0.39, 0.29) is 16.5 Å². The van der Waals surface area contributed by atoms with Gasteiger partial charge >= 0.3 is 0 Å². The van der Waals surface area contributed by atoms with E-state index in [1.165, 1.54) is 6.07 Å². The molecule has 0 saturated carbocycles. The van der Waals surface area contributed by atoms with Gasteiger partial charge in [0.1, 0.15) is 11.3 Å². The lowest BCUT2D eigenvalue weighted by molar-refractivity contribution is 0.637. The maximum atomic E-state index is 13.4. The number of nitrogens with zero attached hydrogens (tertiary/aromatic N) is 2. The van der Waals surface area contributed by atoms with Gasteiger partial charge in [0.05, 0.1) is 4.70 Å². The van der Waals surface area contributed by atoms with Gasteiger partial charge in [0.2, 0.25) is 8.92 Å². The average molecular weight is 313 g/mol. The lowest BCUT2D eigenvalue weighted by atomic mass is 10.3. The standard InChI is InChI=1S/C9H5Cl3FN3S/c10-9(11,12)7(14)16-8-15-6-4(13)2-1-3-5(6)17-8/h1-3H,(H2,14,15,16). The Morgan fingerprint density at radius 3 is 2.71 bits per heavy atom. The van der Waals surface area contributed by atoms with Crippen molar-refractivity contribution < 1.29 is 4.39 Å². The third kappa shape index (κ3) is 2.80. The molecular weight excluding hydrogens is 308 g/mol. The summed E-state index contributed by atoms with van der Waals surface area (Å²) in [6.07, 6.45) is 0. The summed E-state index contributed by atoms with van der Waals surface area (Å²) in [6.45, 7) is 0. The summed E-state index contributed by atoms with van der Waals surface area (Å²) in [5.41, 5.74) is 5.70. The number of para-hydroxylation sites is 1. The summed E-state index contributed by atoms with van der Waals surface area (Å²) in [6, 6.07) is 4.62. The van der Waals surface area contributed by atoms with Crippen molar-refractivity contribution in [2.24, 2.45) is 10.7 Å². The molecule has 0 aliphatic rings. The fraction of sp³-hybridized carbons (Fsp3) is 0.111. The summed E-state index contributed by atoms with van der Waals surface area (Å²) >= 11 is 17.8. The van der Waals surface area contributed by atoms with Gasteiger partial charge in [-0.15, -0.1) is 0 Å². The number of fused-ring (bicyclic) bond motifs is 1. The van der Waals surface area contributed by atoms with Crippen LogP contribution >= 0.6 is 46.1 Å². The predicted octanol–water partition coefficient (Wildman–Crippen LogP) is 3.79. The number of amidine groups is 1. The van der Waals surface area contributed by atoms with Gasteiger partial charge in [-0.3, -0.25) is 0 Å². The molecule has 0 atom stereocenters. The van der Waals surface area contributed by atoms with Crippen LogP contribution in [0.5, 0.6) is 0 Å². The quantitative estimate of drug-likeness (QED) is 0.495. The molecule has 1 heterocycles. The van der Waals surface area contributed by atoms with E-state index in [4.69, 9.17) is 40.5 Å². The van der Waals surface area contributed by atoms with E-state index in [0.29, 0.717) is 4.70 Å². The Hall–Kier alpha value is -0.620. The lowest BCUT2D eigenvalue weighted by Gasteiger charge is -2.07. The molecule has 0 saturated heterocycles. The van der Waals surface area contributed by atoms with E-state index >= 15 is 0 Å². The van der Waals surface area contributed by atoms with Crippen molar-refractivity contribution in [2.75, 3.05) is 0 Å². The first-order valence-electron chi connectivity index (χ1n) is 4.34. The van der Waals surface area contributed by atoms with Gasteiger partial charge in [-0.1, -0.05) is 52.2 Å². The number of benzene rings is 1. The Labute approximate surface area is 115 Å². The highest BCUT2D eigenvalue weighted by atomic mass is 35.6. The zero-order valence-electron chi connectivity index (χ0n) is 8.12. The van der Waals surface area contributed by atoms with Crippen LogP contribution in [0.1, 0.15) is 0 Å². The molecule has 0 fully saturated rings. The number of hydrogen-bond donors (Lipinski definition) is 1. The molecule has 0 radical (unpaired) electrons.